The summed E-state index contributed by atoms with van der Waals surface area (Å²) in [6.07, 6.45) is 9.76. The third kappa shape index (κ3) is 2.37. The maximum absolute atomic E-state index is 5.88. The van der Waals surface area contributed by atoms with E-state index in [2.05, 4.69) is 26.3 Å². The highest BCUT2D eigenvalue weighted by Crippen LogP contribution is 2.45. The highest BCUT2D eigenvalue weighted by Gasteiger charge is 2.36. The average Bonchev–Trinajstić information content (AvgIpc) is 2.96. The maximum atomic E-state index is 5.88. The number of piperidine rings is 1. The van der Waals surface area contributed by atoms with Crippen molar-refractivity contribution in [3.8, 4) is 0 Å². The molecule has 4 rings (SSSR count). The summed E-state index contributed by atoms with van der Waals surface area (Å²) >= 11 is 1.64. The molecule has 21 heavy (non-hydrogen) atoms. The molecule has 0 amide bonds. The van der Waals surface area contributed by atoms with Gasteiger partial charge in [0.05, 0.1) is 5.39 Å². The SMILES string of the molecule is Nc1nc(N2CCC3(CCCCC3)CC2)c2ccsc2n1. The van der Waals surface area contributed by atoms with Crippen molar-refractivity contribution >= 4 is 33.3 Å². The van der Waals surface area contributed by atoms with Gasteiger partial charge in [-0.05, 0) is 42.5 Å². The van der Waals surface area contributed by atoms with Crippen LogP contribution in [0.25, 0.3) is 10.2 Å². The van der Waals surface area contributed by atoms with Crippen LogP contribution < -0.4 is 10.6 Å². The molecule has 112 valence electrons. The van der Waals surface area contributed by atoms with Gasteiger partial charge in [-0.2, -0.15) is 4.98 Å². The second-order valence-corrected chi connectivity index (χ2v) is 7.49. The van der Waals surface area contributed by atoms with Gasteiger partial charge in [-0.15, -0.1) is 11.3 Å². The monoisotopic (exact) mass is 302 g/mol. The van der Waals surface area contributed by atoms with Crippen molar-refractivity contribution < 1.29 is 0 Å². The fraction of sp³-hybridized carbons (Fsp3) is 0.625. The smallest absolute Gasteiger partial charge is 0.223 e. The standard InChI is InChI=1S/C16H22N4S/c17-15-18-13(12-4-11-21-14(12)19-15)20-9-7-16(8-10-20)5-2-1-3-6-16/h4,11H,1-3,5-10H2,(H2,17,18,19). The first-order chi connectivity index (χ1) is 10.3. The molecule has 3 heterocycles. The molecule has 0 bridgehead atoms. The van der Waals surface area contributed by atoms with Crippen LogP contribution in [-0.4, -0.2) is 23.1 Å². The van der Waals surface area contributed by atoms with Gasteiger partial charge in [0.2, 0.25) is 5.95 Å². The molecule has 0 aromatic carbocycles. The van der Waals surface area contributed by atoms with Crippen molar-refractivity contribution in [1.29, 1.82) is 0 Å². The lowest BCUT2D eigenvalue weighted by atomic mass is 9.68. The van der Waals surface area contributed by atoms with Crippen LogP contribution >= 0.6 is 11.3 Å². The van der Waals surface area contributed by atoms with Crippen molar-refractivity contribution in [3.63, 3.8) is 0 Å². The van der Waals surface area contributed by atoms with Crippen LogP contribution in [0, 0.1) is 5.41 Å². The lowest BCUT2D eigenvalue weighted by molar-refractivity contribution is 0.144. The van der Waals surface area contributed by atoms with E-state index in [0.717, 1.165) is 29.1 Å². The molecule has 2 N–H and O–H groups in total. The Morgan fingerprint density at radius 3 is 2.57 bits per heavy atom. The largest absolute Gasteiger partial charge is 0.368 e. The summed E-state index contributed by atoms with van der Waals surface area (Å²) < 4.78 is 0. The highest BCUT2D eigenvalue weighted by atomic mass is 32.1. The number of nitrogens with zero attached hydrogens (tertiary/aromatic N) is 3. The molecule has 0 unspecified atom stereocenters. The van der Waals surface area contributed by atoms with E-state index in [1.165, 1.54) is 44.9 Å². The first-order valence-corrected chi connectivity index (χ1v) is 8.89. The number of thiophene rings is 1. The lowest BCUT2D eigenvalue weighted by Crippen LogP contribution is -2.41. The van der Waals surface area contributed by atoms with Crippen LogP contribution in [0.5, 0.6) is 0 Å². The number of nitrogens with two attached hydrogens (primary N) is 1. The van der Waals surface area contributed by atoms with Gasteiger partial charge in [0, 0.05) is 13.1 Å². The Hall–Kier alpha value is -1.36. The van der Waals surface area contributed by atoms with Crippen molar-refractivity contribution in [2.75, 3.05) is 23.7 Å². The van der Waals surface area contributed by atoms with E-state index >= 15 is 0 Å². The van der Waals surface area contributed by atoms with E-state index in [4.69, 9.17) is 5.73 Å². The van der Waals surface area contributed by atoms with Crippen LogP contribution in [0.2, 0.25) is 0 Å². The molecule has 0 atom stereocenters. The van der Waals surface area contributed by atoms with Gasteiger partial charge in [0.25, 0.3) is 0 Å². The zero-order chi connectivity index (χ0) is 14.3. The Balaban J connectivity index is 1.58. The fourth-order valence-corrected chi connectivity index (χ4v) is 4.86. The van der Waals surface area contributed by atoms with Gasteiger partial charge in [-0.3, -0.25) is 0 Å². The number of hydrogen-bond acceptors (Lipinski definition) is 5. The minimum atomic E-state index is 0.401. The predicted octanol–water partition coefficient (Wildman–Crippen LogP) is 3.82. The molecule has 1 saturated heterocycles. The molecular weight excluding hydrogens is 280 g/mol. The minimum absolute atomic E-state index is 0.401. The predicted molar refractivity (Wildman–Crippen MR) is 88.8 cm³/mol. The number of hydrogen-bond donors (Lipinski definition) is 1. The number of fused-ring (bicyclic) bond motifs is 1. The fourth-order valence-electron chi connectivity index (χ4n) is 4.09. The molecule has 1 aliphatic heterocycles. The lowest BCUT2D eigenvalue weighted by Gasteiger charge is -2.44. The van der Waals surface area contributed by atoms with Crippen LogP contribution in [0.15, 0.2) is 11.4 Å². The normalized spacial score (nSPS) is 22.0. The Morgan fingerprint density at radius 1 is 1.05 bits per heavy atom. The van der Waals surface area contributed by atoms with Crippen LogP contribution in [-0.2, 0) is 0 Å². The summed E-state index contributed by atoms with van der Waals surface area (Å²) in [6.45, 7) is 2.22. The van der Waals surface area contributed by atoms with Gasteiger partial charge >= 0.3 is 0 Å². The number of rotatable bonds is 1. The van der Waals surface area contributed by atoms with E-state index in [1.54, 1.807) is 11.3 Å². The van der Waals surface area contributed by atoms with E-state index < -0.39 is 0 Å². The van der Waals surface area contributed by atoms with Crippen molar-refractivity contribution in [1.82, 2.24) is 9.97 Å². The van der Waals surface area contributed by atoms with Gasteiger partial charge in [-0.25, -0.2) is 4.98 Å². The highest BCUT2D eigenvalue weighted by molar-refractivity contribution is 7.16. The Kier molecular flexibility index (Phi) is 3.25. The summed E-state index contributed by atoms with van der Waals surface area (Å²) in [4.78, 5) is 12.3. The molecule has 2 aromatic heterocycles. The summed E-state index contributed by atoms with van der Waals surface area (Å²) in [5.41, 5.74) is 6.51. The molecule has 5 heteroatoms. The Morgan fingerprint density at radius 2 is 1.81 bits per heavy atom. The van der Waals surface area contributed by atoms with E-state index in [1.807, 2.05) is 0 Å². The molecule has 2 aliphatic rings. The van der Waals surface area contributed by atoms with Crippen LogP contribution in [0.4, 0.5) is 11.8 Å². The molecule has 2 fully saturated rings. The van der Waals surface area contributed by atoms with Gasteiger partial charge < -0.3 is 10.6 Å². The molecule has 1 spiro atoms. The molecular formula is C16H22N4S. The number of aromatic nitrogens is 2. The van der Waals surface area contributed by atoms with Crippen molar-refractivity contribution in [2.45, 2.75) is 44.9 Å². The van der Waals surface area contributed by atoms with Crippen LogP contribution in [0.1, 0.15) is 44.9 Å². The zero-order valence-electron chi connectivity index (χ0n) is 12.3. The maximum Gasteiger partial charge on any atom is 0.223 e. The summed E-state index contributed by atoms with van der Waals surface area (Å²) in [6, 6.07) is 2.12. The molecule has 1 aliphatic carbocycles. The first kappa shape index (κ1) is 13.3. The third-order valence-corrected chi connectivity index (χ3v) is 6.17. The second kappa shape index (κ2) is 5.13. The quantitative estimate of drug-likeness (QED) is 0.870. The van der Waals surface area contributed by atoms with E-state index in [-0.39, 0.29) is 0 Å². The number of nitrogen functional groups attached to an aromatic ring is 1. The van der Waals surface area contributed by atoms with Gasteiger partial charge in [0.15, 0.2) is 0 Å². The molecule has 0 radical (unpaired) electrons. The van der Waals surface area contributed by atoms with Crippen molar-refractivity contribution in [3.05, 3.63) is 11.4 Å². The Bertz CT molecular complexity index is 635. The minimum Gasteiger partial charge on any atom is -0.368 e. The first-order valence-electron chi connectivity index (χ1n) is 8.02. The van der Waals surface area contributed by atoms with Gasteiger partial charge in [0.1, 0.15) is 10.6 Å². The summed E-state index contributed by atoms with van der Waals surface area (Å²) in [7, 11) is 0. The Labute approximate surface area is 129 Å². The average molecular weight is 302 g/mol. The van der Waals surface area contributed by atoms with E-state index in [0.29, 0.717) is 11.4 Å². The summed E-state index contributed by atoms with van der Waals surface area (Å²) in [5.74, 6) is 1.45. The van der Waals surface area contributed by atoms with Crippen molar-refractivity contribution in [2.24, 2.45) is 5.41 Å². The molecule has 1 saturated carbocycles. The molecule has 2 aromatic rings. The van der Waals surface area contributed by atoms with Crippen LogP contribution in [0.3, 0.4) is 0 Å². The number of anilines is 2. The second-order valence-electron chi connectivity index (χ2n) is 6.59. The van der Waals surface area contributed by atoms with Gasteiger partial charge in [-0.1, -0.05) is 19.3 Å². The topological polar surface area (TPSA) is 55.0 Å². The zero-order valence-corrected chi connectivity index (χ0v) is 13.2. The summed E-state index contributed by atoms with van der Waals surface area (Å²) in [5, 5.41) is 3.24. The van der Waals surface area contributed by atoms with E-state index in [9.17, 15) is 0 Å². The molecule has 4 nitrogen and oxygen atoms in total. The third-order valence-electron chi connectivity index (χ3n) is 5.36.